The predicted octanol–water partition coefficient (Wildman–Crippen LogP) is 4.25. The number of benzene rings is 1. The quantitative estimate of drug-likeness (QED) is 0.357. The van der Waals surface area contributed by atoms with Gasteiger partial charge in [-0.05, 0) is 61.6 Å². The number of thiophene rings is 1. The number of aryl methyl sites for hydroxylation is 1. The minimum atomic E-state index is 0.0475. The van der Waals surface area contributed by atoms with E-state index < -0.39 is 0 Å². The first-order valence-electron chi connectivity index (χ1n) is 13.0. The van der Waals surface area contributed by atoms with Gasteiger partial charge in [-0.15, -0.1) is 22.9 Å². The molecule has 1 unspecified atom stereocenters. The van der Waals surface area contributed by atoms with Crippen molar-refractivity contribution in [2.45, 2.75) is 32.2 Å². The van der Waals surface area contributed by atoms with Crippen LogP contribution >= 0.6 is 22.9 Å². The van der Waals surface area contributed by atoms with Crippen LogP contribution in [-0.4, -0.2) is 77.6 Å². The number of likely N-dealkylation sites (N-methyl/N-ethyl adjacent to an activating group) is 1. The Bertz CT molecular complexity index is 1350. The lowest BCUT2D eigenvalue weighted by atomic mass is 9.86. The smallest absolute Gasteiger partial charge is 0.226 e. The summed E-state index contributed by atoms with van der Waals surface area (Å²) in [6.07, 6.45) is 6.80. The highest BCUT2D eigenvalue weighted by Crippen LogP contribution is 2.42. The minimum Gasteiger partial charge on any atom is -0.491 e. The Morgan fingerprint density at radius 1 is 1.24 bits per heavy atom. The number of carbonyl (C=O) groups is 1. The number of alkyl halides is 1. The number of aromatic nitrogens is 2. The third kappa shape index (κ3) is 4.92. The summed E-state index contributed by atoms with van der Waals surface area (Å²) in [4.78, 5) is 33.5. The van der Waals surface area contributed by atoms with Crippen LogP contribution in [0.4, 0.5) is 11.5 Å². The van der Waals surface area contributed by atoms with E-state index in [0.717, 1.165) is 90.5 Å². The molecular formula is C27H31ClN6O2S. The maximum Gasteiger partial charge on any atom is 0.226 e. The lowest BCUT2D eigenvalue weighted by Gasteiger charge is -2.35. The molecule has 1 aromatic carbocycles. The number of carbonyl (C=O) groups excluding carboxylic acids is 1. The molecule has 1 fully saturated rings. The van der Waals surface area contributed by atoms with E-state index in [4.69, 9.17) is 16.3 Å². The van der Waals surface area contributed by atoms with Gasteiger partial charge in [0.2, 0.25) is 5.91 Å². The highest BCUT2D eigenvalue weighted by molar-refractivity contribution is 7.19. The summed E-state index contributed by atoms with van der Waals surface area (Å²) in [5, 5.41) is 4.62. The molecule has 1 aliphatic carbocycles. The number of fused-ring (bicyclic) bond motifs is 4. The summed E-state index contributed by atoms with van der Waals surface area (Å²) in [6.45, 7) is 4.77. The Labute approximate surface area is 225 Å². The number of ether oxygens (including phenoxy) is 1. The van der Waals surface area contributed by atoms with Gasteiger partial charge < -0.3 is 19.9 Å². The van der Waals surface area contributed by atoms with Crippen LogP contribution in [0.5, 0.6) is 5.75 Å². The number of hydrogen-bond donors (Lipinski definition) is 1. The Morgan fingerprint density at radius 3 is 2.95 bits per heavy atom. The molecule has 0 spiro atoms. The zero-order valence-corrected chi connectivity index (χ0v) is 22.6. The van der Waals surface area contributed by atoms with Crippen LogP contribution < -0.4 is 10.1 Å². The molecule has 37 heavy (non-hydrogen) atoms. The molecule has 4 heterocycles. The Balaban J connectivity index is 1.27. The van der Waals surface area contributed by atoms with Crippen molar-refractivity contribution in [1.29, 1.82) is 0 Å². The van der Waals surface area contributed by atoms with Gasteiger partial charge in [-0.1, -0.05) is 0 Å². The average Bonchev–Trinajstić information content (AvgIpc) is 3.52. The first-order chi connectivity index (χ1) is 18.1. The summed E-state index contributed by atoms with van der Waals surface area (Å²) < 4.78 is 6.10. The number of piperazine rings is 1. The number of halogens is 1. The molecule has 1 saturated heterocycles. The third-order valence-corrected chi connectivity index (χ3v) is 8.96. The van der Waals surface area contributed by atoms with Gasteiger partial charge in [0.15, 0.2) is 0 Å². The molecule has 8 nitrogen and oxygen atoms in total. The highest BCUT2D eigenvalue weighted by Gasteiger charge is 2.32. The number of nitrogens with one attached hydrogen (secondary N) is 1. The second-order valence-electron chi connectivity index (χ2n) is 10.0. The zero-order chi connectivity index (χ0) is 25.4. The van der Waals surface area contributed by atoms with E-state index in [-0.39, 0.29) is 5.92 Å². The second-order valence-corrected chi connectivity index (χ2v) is 11.5. The molecule has 1 amide bonds. The van der Waals surface area contributed by atoms with Gasteiger partial charge in [-0.2, -0.15) is 0 Å². The highest BCUT2D eigenvalue weighted by atomic mass is 35.5. The summed E-state index contributed by atoms with van der Waals surface area (Å²) in [6, 6.07) is 4.15. The molecule has 2 aliphatic heterocycles. The maximum atomic E-state index is 13.3. The number of amides is 1. The van der Waals surface area contributed by atoms with Gasteiger partial charge >= 0.3 is 0 Å². The van der Waals surface area contributed by atoms with Crippen LogP contribution in [-0.2, 0) is 24.2 Å². The monoisotopic (exact) mass is 538 g/mol. The largest absolute Gasteiger partial charge is 0.491 e. The molecule has 3 aromatic rings. The number of nitrogens with zero attached hydrogens (tertiary/aromatic N) is 5. The fraction of sp³-hybridized carbons (Fsp3) is 0.481. The molecule has 3 aliphatic rings. The van der Waals surface area contributed by atoms with Crippen LogP contribution in [0.15, 0.2) is 23.5 Å². The molecular weight excluding hydrogens is 508 g/mol. The number of rotatable bonds is 7. The molecule has 0 radical (unpaired) electrons. The minimum absolute atomic E-state index is 0.0475. The van der Waals surface area contributed by atoms with E-state index in [1.54, 1.807) is 17.7 Å². The van der Waals surface area contributed by atoms with Gasteiger partial charge in [0.25, 0.3) is 0 Å². The number of anilines is 2. The standard InChI is InChI=1S/C27H31ClN6O2S/c1-33-6-8-34(9-7-33)27(35)17-3-4-20-23(13-17)37-26-24(20)25(30-16-31-26)32-21-11-18-14-29-15-19(18)12-22(21)36-10-2-5-28/h11-12,14,16-17H,2-10,13,15H2,1H3,(H,30,31,32). The van der Waals surface area contributed by atoms with Crippen molar-refractivity contribution in [1.82, 2.24) is 19.8 Å². The van der Waals surface area contributed by atoms with Crippen molar-refractivity contribution >= 4 is 56.8 Å². The first-order valence-corrected chi connectivity index (χ1v) is 14.3. The maximum absolute atomic E-state index is 13.3. The third-order valence-electron chi connectivity index (χ3n) is 7.53. The van der Waals surface area contributed by atoms with Gasteiger partial charge in [-0.3, -0.25) is 9.79 Å². The molecule has 1 atom stereocenters. The van der Waals surface area contributed by atoms with Crippen molar-refractivity contribution in [2.24, 2.45) is 10.9 Å². The summed E-state index contributed by atoms with van der Waals surface area (Å²) >= 11 is 7.57. The molecule has 2 aromatic heterocycles. The van der Waals surface area contributed by atoms with Crippen molar-refractivity contribution in [2.75, 3.05) is 51.0 Å². The van der Waals surface area contributed by atoms with E-state index in [1.165, 1.54) is 10.4 Å². The van der Waals surface area contributed by atoms with Crippen molar-refractivity contribution in [3.63, 3.8) is 0 Å². The summed E-state index contributed by atoms with van der Waals surface area (Å²) in [5.41, 5.74) is 4.39. The zero-order valence-electron chi connectivity index (χ0n) is 21.0. The van der Waals surface area contributed by atoms with Gasteiger partial charge in [0, 0.05) is 49.1 Å². The van der Waals surface area contributed by atoms with E-state index >= 15 is 0 Å². The van der Waals surface area contributed by atoms with Crippen molar-refractivity contribution in [3.05, 3.63) is 40.0 Å². The fourth-order valence-electron chi connectivity index (χ4n) is 5.42. The van der Waals surface area contributed by atoms with Gasteiger partial charge in [0.05, 0.1) is 24.2 Å². The van der Waals surface area contributed by atoms with Crippen LogP contribution in [0.2, 0.25) is 0 Å². The SMILES string of the molecule is CN1CCN(C(=O)C2CCc3c(sc4ncnc(Nc5cc6c(cc5OCCCCl)CN=C6)c34)C2)CC1. The molecule has 6 rings (SSSR count). The molecule has 194 valence electrons. The Kier molecular flexibility index (Phi) is 7.01. The van der Waals surface area contributed by atoms with Crippen LogP contribution in [0, 0.1) is 5.92 Å². The summed E-state index contributed by atoms with van der Waals surface area (Å²) in [7, 11) is 2.11. The van der Waals surface area contributed by atoms with Crippen molar-refractivity contribution in [3.8, 4) is 5.75 Å². The predicted molar refractivity (Wildman–Crippen MR) is 149 cm³/mol. The van der Waals surface area contributed by atoms with Crippen LogP contribution in [0.3, 0.4) is 0 Å². The van der Waals surface area contributed by atoms with Gasteiger partial charge in [0.1, 0.15) is 22.7 Å². The molecule has 0 bridgehead atoms. The number of aliphatic imine (C=N–C) groups is 1. The molecule has 10 heteroatoms. The van der Waals surface area contributed by atoms with E-state index in [2.05, 4.69) is 49.3 Å². The summed E-state index contributed by atoms with van der Waals surface area (Å²) in [5.74, 6) is 2.47. The second kappa shape index (κ2) is 10.6. The van der Waals surface area contributed by atoms with Gasteiger partial charge in [-0.25, -0.2) is 9.97 Å². The van der Waals surface area contributed by atoms with Crippen molar-refractivity contribution < 1.29 is 9.53 Å². The molecule has 1 N–H and O–H groups in total. The Morgan fingerprint density at radius 2 is 2.11 bits per heavy atom. The van der Waals surface area contributed by atoms with E-state index in [9.17, 15) is 4.79 Å². The normalized spacial score (nSPS) is 19.2. The molecule has 0 saturated carbocycles. The van der Waals surface area contributed by atoms with E-state index in [1.807, 2.05) is 6.21 Å². The average molecular weight is 539 g/mol. The lowest BCUT2D eigenvalue weighted by molar-refractivity contribution is -0.137. The van der Waals surface area contributed by atoms with E-state index in [0.29, 0.717) is 24.9 Å². The Hall–Kier alpha value is -2.75. The first kappa shape index (κ1) is 24.6. The van der Waals surface area contributed by atoms with Crippen LogP contribution in [0.25, 0.3) is 10.2 Å². The topological polar surface area (TPSA) is 83.0 Å². The number of hydrogen-bond acceptors (Lipinski definition) is 8. The lowest BCUT2D eigenvalue weighted by Crippen LogP contribution is -2.49. The fourth-order valence-corrected chi connectivity index (χ4v) is 6.80. The van der Waals surface area contributed by atoms with Crippen LogP contribution in [0.1, 0.15) is 34.4 Å².